The average molecular weight is 409 g/mol. The van der Waals surface area contributed by atoms with Crippen molar-refractivity contribution < 1.29 is 9.90 Å². The van der Waals surface area contributed by atoms with Crippen LogP contribution in [-0.2, 0) is 18.4 Å². The third-order valence-electron chi connectivity index (χ3n) is 5.87. The van der Waals surface area contributed by atoms with E-state index in [0.717, 1.165) is 49.9 Å². The van der Waals surface area contributed by atoms with E-state index >= 15 is 0 Å². The Hall–Kier alpha value is -3.09. The Kier molecular flexibility index (Phi) is 5.61. The molecule has 0 bridgehead atoms. The van der Waals surface area contributed by atoms with Gasteiger partial charge in [0.25, 0.3) is 5.56 Å². The van der Waals surface area contributed by atoms with E-state index in [1.807, 2.05) is 25.1 Å². The largest absolute Gasteiger partial charge is 0.478 e. The lowest BCUT2D eigenvalue weighted by Crippen LogP contribution is -2.35. The van der Waals surface area contributed by atoms with Crippen molar-refractivity contribution in [2.24, 2.45) is 7.05 Å². The smallest absolute Gasteiger partial charge is 0.337 e. The molecule has 158 valence electrons. The van der Waals surface area contributed by atoms with Gasteiger partial charge in [-0.2, -0.15) is 0 Å². The number of hydrogen-bond acceptors (Lipinski definition) is 5. The van der Waals surface area contributed by atoms with Crippen LogP contribution in [0.3, 0.4) is 0 Å². The van der Waals surface area contributed by atoms with Crippen LogP contribution in [0.5, 0.6) is 0 Å². The molecule has 0 unspecified atom stereocenters. The first-order chi connectivity index (χ1) is 14.5. The number of aliphatic carboxylic acids is 1. The molecule has 1 aliphatic carbocycles. The molecule has 1 aromatic heterocycles. The number of allylic oxidation sites excluding steroid dienone is 2. The van der Waals surface area contributed by atoms with Gasteiger partial charge >= 0.3 is 5.97 Å². The number of anilines is 1. The molecule has 1 fully saturated rings. The number of nitrogens with zero attached hydrogens (tertiary/aromatic N) is 3. The predicted octanol–water partition coefficient (Wildman–Crippen LogP) is 3.01. The molecule has 7 nitrogen and oxygen atoms in total. The van der Waals surface area contributed by atoms with Crippen molar-refractivity contribution >= 4 is 22.8 Å². The second kappa shape index (κ2) is 8.34. The molecule has 30 heavy (non-hydrogen) atoms. The van der Waals surface area contributed by atoms with Gasteiger partial charge in [0.1, 0.15) is 0 Å². The van der Waals surface area contributed by atoms with Gasteiger partial charge in [-0.15, -0.1) is 0 Å². The van der Waals surface area contributed by atoms with E-state index in [4.69, 9.17) is 4.98 Å². The third-order valence-corrected chi connectivity index (χ3v) is 5.87. The summed E-state index contributed by atoms with van der Waals surface area (Å²) in [5, 5.41) is 13.3. The highest BCUT2D eigenvalue weighted by Crippen LogP contribution is 2.23. The molecule has 4 rings (SSSR count). The number of piperidine rings is 1. The first kappa shape index (κ1) is 20.2. The first-order valence-corrected chi connectivity index (χ1v) is 10.6. The molecule has 2 aliphatic rings. The van der Waals surface area contributed by atoms with Gasteiger partial charge < -0.3 is 15.3 Å². The van der Waals surface area contributed by atoms with Crippen molar-refractivity contribution in [2.75, 3.05) is 18.0 Å². The summed E-state index contributed by atoms with van der Waals surface area (Å²) in [5.74, 6) is -0.220. The lowest BCUT2D eigenvalue weighted by atomic mass is 10.0. The monoisotopic (exact) mass is 408 g/mol. The number of carboxylic acids is 1. The summed E-state index contributed by atoms with van der Waals surface area (Å²) in [6.07, 6.45) is 8.64. The van der Waals surface area contributed by atoms with Crippen molar-refractivity contribution in [3.63, 3.8) is 0 Å². The van der Waals surface area contributed by atoms with Gasteiger partial charge in [-0.3, -0.25) is 9.36 Å². The second-order valence-corrected chi connectivity index (χ2v) is 8.12. The normalized spacial score (nSPS) is 16.9. The van der Waals surface area contributed by atoms with Crippen LogP contribution in [0.2, 0.25) is 0 Å². The molecule has 1 saturated heterocycles. The number of carboxylic acid groups (broad SMARTS) is 1. The van der Waals surface area contributed by atoms with Crippen molar-refractivity contribution in [2.45, 2.75) is 45.6 Å². The number of carbonyl (C=O) groups is 1. The molecule has 1 aliphatic heterocycles. The highest BCUT2D eigenvalue weighted by atomic mass is 16.4. The molecule has 1 aromatic carbocycles. The minimum Gasteiger partial charge on any atom is -0.478 e. The van der Waals surface area contributed by atoms with Gasteiger partial charge in [0.05, 0.1) is 16.5 Å². The summed E-state index contributed by atoms with van der Waals surface area (Å²) in [6, 6.07) is 3.91. The fraction of sp³-hybridized carbons (Fsp3) is 0.435. The Morgan fingerprint density at radius 3 is 2.63 bits per heavy atom. The minimum atomic E-state index is -0.929. The summed E-state index contributed by atoms with van der Waals surface area (Å²) in [5.41, 5.74) is 3.45. The Bertz CT molecular complexity index is 1110. The fourth-order valence-corrected chi connectivity index (χ4v) is 4.34. The standard InChI is InChI=1S/C23H28N4O3/c1-15-12-16(14-24-19-9-5-4-8-17(19)22(29)30)20-18(13-15)21(28)26(2)23(25-20)27-10-6-3-7-11-27/h8-9,12-13,24H,3-7,10-11,14H2,1-2H3,(H,29,30). The third kappa shape index (κ3) is 3.84. The molecule has 2 aromatic rings. The Balaban J connectivity index is 1.73. The Labute approximate surface area is 175 Å². The maximum Gasteiger partial charge on any atom is 0.337 e. The number of aryl methyl sites for hydroxylation is 1. The topological polar surface area (TPSA) is 87.5 Å². The van der Waals surface area contributed by atoms with E-state index in [-0.39, 0.29) is 5.56 Å². The number of rotatable bonds is 5. The first-order valence-electron chi connectivity index (χ1n) is 10.6. The molecule has 7 heteroatoms. The quantitative estimate of drug-likeness (QED) is 0.791. The molecule has 2 N–H and O–H groups in total. The van der Waals surface area contributed by atoms with Gasteiger partial charge in [0.15, 0.2) is 0 Å². The Morgan fingerprint density at radius 2 is 1.90 bits per heavy atom. The van der Waals surface area contributed by atoms with Gasteiger partial charge in [-0.1, -0.05) is 18.2 Å². The lowest BCUT2D eigenvalue weighted by molar-refractivity contribution is -0.132. The van der Waals surface area contributed by atoms with Crippen molar-refractivity contribution in [3.05, 3.63) is 57.0 Å². The summed E-state index contributed by atoms with van der Waals surface area (Å²) in [6.45, 7) is 4.19. The van der Waals surface area contributed by atoms with Gasteiger partial charge in [0, 0.05) is 32.4 Å². The van der Waals surface area contributed by atoms with Crippen molar-refractivity contribution in [1.29, 1.82) is 0 Å². The molecule has 0 amide bonds. The number of benzene rings is 1. The van der Waals surface area contributed by atoms with E-state index in [1.54, 1.807) is 17.7 Å². The predicted molar refractivity (Wildman–Crippen MR) is 118 cm³/mol. The van der Waals surface area contributed by atoms with E-state index < -0.39 is 5.97 Å². The minimum absolute atomic E-state index is 0.0477. The highest BCUT2D eigenvalue weighted by molar-refractivity contribution is 5.91. The van der Waals surface area contributed by atoms with E-state index in [9.17, 15) is 14.7 Å². The Morgan fingerprint density at radius 1 is 1.17 bits per heavy atom. The molecular weight excluding hydrogens is 380 g/mol. The van der Waals surface area contributed by atoms with Crippen LogP contribution in [0, 0.1) is 6.92 Å². The number of fused-ring (bicyclic) bond motifs is 1. The lowest BCUT2D eigenvalue weighted by Gasteiger charge is -2.29. The summed E-state index contributed by atoms with van der Waals surface area (Å²) in [7, 11) is 1.79. The maximum atomic E-state index is 13.1. The molecule has 2 heterocycles. The van der Waals surface area contributed by atoms with Crippen LogP contribution in [0.25, 0.3) is 10.9 Å². The zero-order valence-corrected chi connectivity index (χ0v) is 17.6. The van der Waals surface area contributed by atoms with Crippen LogP contribution < -0.4 is 15.8 Å². The second-order valence-electron chi connectivity index (χ2n) is 8.12. The van der Waals surface area contributed by atoms with E-state index in [2.05, 4.69) is 10.2 Å². The van der Waals surface area contributed by atoms with Crippen LogP contribution in [0.15, 0.2) is 40.3 Å². The molecule has 0 saturated carbocycles. The van der Waals surface area contributed by atoms with Gasteiger partial charge in [-0.25, -0.2) is 9.78 Å². The highest BCUT2D eigenvalue weighted by Gasteiger charge is 2.20. The van der Waals surface area contributed by atoms with Crippen LogP contribution in [0.1, 0.15) is 43.2 Å². The zero-order chi connectivity index (χ0) is 21.3. The van der Waals surface area contributed by atoms with Crippen molar-refractivity contribution in [1.82, 2.24) is 14.9 Å². The molecule has 0 spiro atoms. The fourth-order valence-electron chi connectivity index (χ4n) is 4.34. The average Bonchev–Trinajstić information content (AvgIpc) is 2.75. The zero-order valence-electron chi connectivity index (χ0n) is 17.6. The van der Waals surface area contributed by atoms with Gasteiger partial charge in [0.2, 0.25) is 5.95 Å². The maximum absolute atomic E-state index is 13.1. The van der Waals surface area contributed by atoms with Crippen LogP contribution >= 0.6 is 0 Å². The van der Waals surface area contributed by atoms with Crippen LogP contribution in [0.4, 0.5) is 5.95 Å². The van der Waals surface area contributed by atoms with Crippen molar-refractivity contribution in [3.8, 4) is 0 Å². The van der Waals surface area contributed by atoms with Crippen LogP contribution in [-0.4, -0.2) is 33.7 Å². The molecule has 0 radical (unpaired) electrons. The van der Waals surface area contributed by atoms with E-state index in [1.165, 1.54) is 6.42 Å². The number of aromatic nitrogens is 2. The van der Waals surface area contributed by atoms with E-state index in [0.29, 0.717) is 34.7 Å². The summed E-state index contributed by atoms with van der Waals surface area (Å²) in [4.78, 5) is 31.8. The molecule has 0 atom stereocenters. The summed E-state index contributed by atoms with van der Waals surface area (Å²) >= 11 is 0. The number of hydrogen-bond donors (Lipinski definition) is 2. The molecular formula is C23H28N4O3. The van der Waals surface area contributed by atoms with Gasteiger partial charge in [-0.05, 0) is 56.2 Å². The summed E-state index contributed by atoms with van der Waals surface area (Å²) < 4.78 is 1.65. The SMILES string of the molecule is Cc1cc(CNC2=CCCC=C2C(=O)O)c2nc(N3CCCCC3)n(C)c(=O)c2c1. The number of nitrogens with one attached hydrogen (secondary N) is 1.